The van der Waals surface area contributed by atoms with Crippen molar-refractivity contribution in [3.8, 4) is 0 Å². The highest BCUT2D eigenvalue weighted by molar-refractivity contribution is 5.09. The minimum absolute atomic E-state index is 0.395. The molecule has 1 N–H and O–H groups in total. The van der Waals surface area contributed by atoms with Crippen LogP contribution in [0.2, 0.25) is 0 Å². The Morgan fingerprint density at radius 3 is 2.76 bits per heavy atom. The predicted octanol–water partition coefficient (Wildman–Crippen LogP) is 2.90. The van der Waals surface area contributed by atoms with Gasteiger partial charge in [-0.1, -0.05) is 26.7 Å². The molecule has 0 amide bonds. The van der Waals surface area contributed by atoms with Gasteiger partial charge in [0, 0.05) is 13.2 Å². The Kier molecular flexibility index (Phi) is 3.57. The molecule has 1 heterocycles. The van der Waals surface area contributed by atoms with Gasteiger partial charge in [-0.3, -0.25) is 4.68 Å². The van der Waals surface area contributed by atoms with Crippen LogP contribution in [0.15, 0.2) is 12.3 Å². The number of nitrogens with zero attached hydrogens (tertiary/aromatic N) is 2. The molecule has 1 fully saturated rings. The third-order valence-corrected chi connectivity index (χ3v) is 4.36. The summed E-state index contributed by atoms with van der Waals surface area (Å²) in [6, 6.07) is 2.54. The number of nitrogens with one attached hydrogen (secondary N) is 1. The van der Waals surface area contributed by atoms with Crippen LogP contribution in [0.5, 0.6) is 0 Å². The topological polar surface area (TPSA) is 29.9 Å². The zero-order valence-electron chi connectivity index (χ0n) is 11.5. The van der Waals surface area contributed by atoms with Gasteiger partial charge in [0.1, 0.15) is 0 Å². The molecule has 0 radical (unpaired) electrons. The molecule has 0 spiro atoms. The van der Waals surface area contributed by atoms with Gasteiger partial charge >= 0.3 is 0 Å². The van der Waals surface area contributed by atoms with E-state index in [9.17, 15) is 0 Å². The maximum Gasteiger partial charge on any atom is 0.0796 e. The normalized spacial score (nSPS) is 25.8. The zero-order chi connectivity index (χ0) is 12.5. The molecule has 1 aliphatic carbocycles. The monoisotopic (exact) mass is 235 g/mol. The van der Waals surface area contributed by atoms with Crippen LogP contribution in [-0.2, 0) is 7.05 Å². The van der Waals surface area contributed by atoms with Crippen LogP contribution >= 0.6 is 0 Å². The fraction of sp³-hybridized carbons (Fsp3) is 0.786. The second-order valence-electron chi connectivity index (χ2n) is 6.02. The molecule has 1 aliphatic rings. The molecule has 0 bridgehead atoms. The lowest BCUT2D eigenvalue weighted by Crippen LogP contribution is -2.38. The third-order valence-electron chi connectivity index (χ3n) is 4.36. The van der Waals surface area contributed by atoms with E-state index >= 15 is 0 Å². The summed E-state index contributed by atoms with van der Waals surface area (Å²) in [5.41, 5.74) is 1.61. The fourth-order valence-electron chi connectivity index (χ4n) is 3.29. The minimum Gasteiger partial charge on any atom is -0.311 e. The maximum atomic E-state index is 4.58. The molecule has 1 aromatic rings. The van der Waals surface area contributed by atoms with Gasteiger partial charge in [0.25, 0.3) is 0 Å². The second-order valence-corrected chi connectivity index (χ2v) is 6.02. The summed E-state index contributed by atoms with van der Waals surface area (Å²) in [4.78, 5) is 0. The summed E-state index contributed by atoms with van der Waals surface area (Å²) in [6.07, 6.45) is 7.43. The van der Waals surface area contributed by atoms with Crippen molar-refractivity contribution >= 4 is 0 Å². The first-order chi connectivity index (χ1) is 8.04. The van der Waals surface area contributed by atoms with Crippen LogP contribution < -0.4 is 5.32 Å². The SMILES string of the molecule is CNC(c1ccn(C)n1)C1CCCCC1(C)C. The lowest BCUT2D eigenvalue weighted by molar-refractivity contribution is 0.0995. The van der Waals surface area contributed by atoms with Crippen LogP contribution in [0.3, 0.4) is 0 Å². The van der Waals surface area contributed by atoms with E-state index < -0.39 is 0 Å². The van der Waals surface area contributed by atoms with Gasteiger partial charge in [-0.2, -0.15) is 5.10 Å². The highest BCUT2D eigenvalue weighted by Crippen LogP contribution is 2.46. The lowest BCUT2D eigenvalue weighted by atomic mass is 9.65. The Morgan fingerprint density at radius 1 is 1.47 bits per heavy atom. The Bertz CT molecular complexity index is 367. The number of hydrogen-bond acceptors (Lipinski definition) is 2. The first-order valence-corrected chi connectivity index (χ1v) is 6.71. The van der Waals surface area contributed by atoms with Crippen LogP contribution in [0.1, 0.15) is 51.3 Å². The maximum absolute atomic E-state index is 4.58. The van der Waals surface area contributed by atoms with E-state index in [0.717, 1.165) is 0 Å². The van der Waals surface area contributed by atoms with Crippen molar-refractivity contribution in [1.29, 1.82) is 0 Å². The average molecular weight is 235 g/mol. The second kappa shape index (κ2) is 4.81. The zero-order valence-corrected chi connectivity index (χ0v) is 11.5. The lowest BCUT2D eigenvalue weighted by Gasteiger charge is -2.42. The van der Waals surface area contributed by atoms with E-state index in [1.165, 1.54) is 31.4 Å². The molecule has 1 aromatic heterocycles. The van der Waals surface area contributed by atoms with Crippen LogP contribution in [0, 0.1) is 11.3 Å². The molecule has 17 heavy (non-hydrogen) atoms. The quantitative estimate of drug-likeness (QED) is 0.873. The number of aromatic nitrogens is 2. The summed E-state index contributed by atoms with van der Waals surface area (Å²) in [5, 5.41) is 8.06. The summed E-state index contributed by atoms with van der Waals surface area (Å²) in [7, 11) is 4.05. The summed E-state index contributed by atoms with van der Waals surface area (Å²) < 4.78 is 1.90. The average Bonchev–Trinajstić information content (AvgIpc) is 2.68. The van der Waals surface area contributed by atoms with Crippen LogP contribution in [-0.4, -0.2) is 16.8 Å². The van der Waals surface area contributed by atoms with Crippen molar-refractivity contribution in [2.75, 3.05) is 7.05 Å². The van der Waals surface area contributed by atoms with Crippen molar-refractivity contribution < 1.29 is 0 Å². The fourth-order valence-corrected chi connectivity index (χ4v) is 3.29. The van der Waals surface area contributed by atoms with Gasteiger partial charge in [0.15, 0.2) is 0 Å². The number of aryl methyl sites for hydroxylation is 1. The minimum atomic E-state index is 0.395. The Balaban J connectivity index is 2.22. The molecule has 2 unspecified atom stereocenters. The van der Waals surface area contributed by atoms with Crippen molar-refractivity contribution in [2.45, 2.75) is 45.6 Å². The van der Waals surface area contributed by atoms with E-state index in [1.54, 1.807) is 0 Å². The van der Waals surface area contributed by atoms with E-state index in [-0.39, 0.29) is 0 Å². The molecule has 0 aliphatic heterocycles. The van der Waals surface area contributed by atoms with Crippen molar-refractivity contribution in [3.05, 3.63) is 18.0 Å². The third kappa shape index (κ3) is 2.54. The summed E-state index contributed by atoms with van der Waals surface area (Å²) in [6.45, 7) is 4.81. The van der Waals surface area contributed by atoms with Crippen LogP contribution in [0.4, 0.5) is 0 Å². The number of hydrogen-bond donors (Lipinski definition) is 1. The first kappa shape index (κ1) is 12.6. The molecule has 0 aromatic carbocycles. The predicted molar refractivity (Wildman–Crippen MR) is 70.7 cm³/mol. The molecule has 1 saturated carbocycles. The van der Waals surface area contributed by atoms with Gasteiger partial charge in [-0.15, -0.1) is 0 Å². The number of rotatable bonds is 3. The highest BCUT2D eigenvalue weighted by Gasteiger charge is 2.38. The Hall–Kier alpha value is -0.830. The smallest absolute Gasteiger partial charge is 0.0796 e. The molecule has 3 nitrogen and oxygen atoms in total. The van der Waals surface area contributed by atoms with Gasteiger partial charge < -0.3 is 5.32 Å². The molecule has 0 saturated heterocycles. The van der Waals surface area contributed by atoms with Gasteiger partial charge in [0.2, 0.25) is 0 Å². The van der Waals surface area contributed by atoms with Gasteiger partial charge in [-0.25, -0.2) is 0 Å². The summed E-state index contributed by atoms with van der Waals surface area (Å²) in [5.74, 6) is 0.691. The van der Waals surface area contributed by atoms with E-state index in [2.05, 4.69) is 37.4 Å². The van der Waals surface area contributed by atoms with E-state index in [0.29, 0.717) is 17.4 Å². The van der Waals surface area contributed by atoms with Gasteiger partial charge in [0.05, 0.1) is 11.7 Å². The first-order valence-electron chi connectivity index (χ1n) is 6.71. The molecule has 2 rings (SSSR count). The molecule has 2 atom stereocenters. The van der Waals surface area contributed by atoms with Crippen molar-refractivity contribution in [2.24, 2.45) is 18.4 Å². The highest BCUT2D eigenvalue weighted by atomic mass is 15.3. The van der Waals surface area contributed by atoms with Crippen molar-refractivity contribution in [1.82, 2.24) is 15.1 Å². The van der Waals surface area contributed by atoms with E-state index in [1.807, 2.05) is 17.9 Å². The largest absolute Gasteiger partial charge is 0.311 e. The molecule has 3 heteroatoms. The van der Waals surface area contributed by atoms with Gasteiger partial charge in [-0.05, 0) is 37.3 Å². The summed E-state index contributed by atoms with van der Waals surface area (Å²) >= 11 is 0. The van der Waals surface area contributed by atoms with Crippen LogP contribution in [0.25, 0.3) is 0 Å². The molecule has 96 valence electrons. The molecular weight excluding hydrogens is 210 g/mol. The Morgan fingerprint density at radius 2 is 2.24 bits per heavy atom. The van der Waals surface area contributed by atoms with Crippen molar-refractivity contribution in [3.63, 3.8) is 0 Å². The standard InChI is InChI=1S/C14H25N3/c1-14(2)9-6-5-7-11(14)13(15-3)12-8-10-17(4)16-12/h8,10-11,13,15H,5-7,9H2,1-4H3. The molecular formula is C14H25N3. The Labute approximate surface area is 105 Å². The van der Waals surface area contributed by atoms with E-state index in [4.69, 9.17) is 0 Å².